The predicted octanol–water partition coefficient (Wildman–Crippen LogP) is 3.65. The maximum atomic E-state index is 10.8. The Morgan fingerprint density at radius 2 is 1.76 bits per heavy atom. The standard InChI is InChI=1S/C21H18N4O4/c1-14(22-19(18-8-5-13-28-18)15-6-3-2-4-7-15)20-23-24-21(29-20)16-9-11-17(12-10-16)25(26)27/h2-14,19,22H,1H3/p+1/t14-,19-/m0/s1. The van der Waals surface area contributed by atoms with Crippen molar-refractivity contribution in [2.24, 2.45) is 0 Å². The number of hydrogen-bond acceptors (Lipinski definition) is 6. The number of quaternary nitrogens is 1. The average Bonchev–Trinajstić information content (AvgIpc) is 3.45. The third-order valence-corrected chi connectivity index (χ3v) is 4.64. The zero-order chi connectivity index (χ0) is 20.2. The molecule has 8 heteroatoms. The van der Waals surface area contributed by atoms with Crippen molar-refractivity contribution in [1.29, 1.82) is 0 Å². The Hall–Kier alpha value is -3.78. The van der Waals surface area contributed by atoms with Crippen molar-refractivity contribution in [2.75, 3.05) is 0 Å². The molecule has 2 aromatic carbocycles. The molecule has 2 heterocycles. The van der Waals surface area contributed by atoms with Crippen LogP contribution in [0.2, 0.25) is 0 Å². The van der Waals surface area contributed by atoms with Crippen LogP contribution >= 0.6 is 0 Å². The lowest BCUT2D eigenvalue weighted by molar-refractivity contribution is -0.727. The monoisotopic (exact) mass is 391 g/mol. The van der Waals surface area contributed by atoms with Crippen LogP contribution in [0.3, 0.4) is 0 Å². The fourth-order valence-electron chi connectivity index (χ4n) is 3.13. The van der Waals surface area contributed by atoms with Crippen molar-refractivity contribution in [3.63, 3.8) is 0 Å². The molecule has 0 aliphatic carbocycles. The van der Waals surface area contributed by atoms with Gasteiger partial charge in [0.1, 0.15) is 0 Å². The van der Waals surface area contributed by atoms with Gasteiger partial charge in [-0.25, -0.2) is 0 Å². The first-order chi connectivity index (χ1) is 14.1. The zero-order valence-electron chi connectivity index (χ0n) is 15.6. The van der Waals surface area contributed by atoms with E-state index in [2.05, 4.69) is 15.5 Å². The van der Waals surface area contributed by atoms with E-state index in [1.54, 1.807) is 18.4 Å². The van der Waals surface area contributed by atoms with Crippen LogP contribution in [-0.4, -0.2) is 15.1 Å². The molecule has 0 bridgehead atoms. The average molecular weight is 391 g/mol. The summed E-state index contributed by atoms with van der Waals surface area (Å²) in [6, 6.07) is 19.7. The number of nitro benzene ring substituents is 1. The van der Waals surface area contributed by atoms with Crippen LogP contribution in [0.4, 0.5) is 5.69 Å². The van der Waals surface area contributed by atoms with Gasteiger partial charge in [0.2, 0.25) is 5.89 Å². The second kappa shape index (κ2) is 8.07. The normalized spacial score (nSPS) is 13.1. The molecular formula is C21H19N4O4+. The molecule has 0 saturated carbocycles. The Morgan fingerprint density at radius 3 is 2.41 bits per heavy atom. The number of aromatic nitrogens is 2. The highest BCUT2D eigenvalue weighted by atomic mass is 16.6. The minimum Gasteiger partial charge on any atom is -0.463 e. The van der Waals surface area contributed by atoms with Crippen LogP contribution in [-0.2, 0) is 0 Å². The van der Waals surface area contributed by atoms with E-state index < -0.39 is 4.92 Å². The highest BCUT2D eigenvalue weighted by Gasteiger charge is 2.27. The molecule has 146 valence electrons. The van der Waals surface area contributed by atoms with Crippen molar-refractivity contribution >= 4 is 5.69 Å². The topological polar surface area (TPSA) is 112 Å². The van der Waals surface area contributed by atoms with E-state index in [9.17, 15) is 10.1 Å². The van der Waals surface area contributed by atoms with Crippen LogP contribution in [0, 0.1) is 10.1 Å². The van der Waals surface area contributed by atoms with E-state index >= 15 is 0 Å². The summed E-state index contributed by atoms with van der Waals surface area (Å²) < 4.78 is 11.5. The summed E-state index contributed by atoms with van der Waals surface area (Å²) in [6.45, 7) is 1.98. The van der Waals surface area contributed by atoms with Crippen molar-refractivity contribution in [3.8, 4) is 11.5 Å². The third kappa shape index (κ3) is 4.07. The van der Waals surface area contributed by atoms with Gasteiger partial charge >= 0.3 is 0 Å². The molecule has 4 aromatic rings. The Bertz CT molecular complexity index is 1080. The highest BCUT2D eigenvalue weighted by Crippen LogP contribution is 2.24. The molecule has 29 heavy (non-hydrogen) atoms. The number of nitrogens with zero attached hydrogens (tertiary/aromatic N) is 3. The highest BCUT2D eigenvalue weighted by molar-refractivity contribution is 5.55. The molecule has 0 spiro atoms. The van der Waals surface area contributed by atoms with E-state index in [4.69, 9.17) is 8.83 Å². The van der Waals surface area contributed by atoms with Crippen molar-refractivity contribution < 1.29 is 19.1 Å². The molecule has 0 unspecified atom stereocenters. The Balaban J connectivity index is 1.55. The maximum absolute atomic E-state index is 10.8. The molecule has 4 rings (SSSR count). The molecule has 2 N–H and O–H groups in total. The first kappa shape index (κ1) is 18.6. The number of benzene rings is 2. The molecule has 0 fully saturated rings. The van der Waals surface area contributed by atoms with Crippen LogP contribution in [0.15, 0.2) is 81.8 Å². The Morgan fingerprint density at radius 1 is 1.00 bits per heavy atom. The summed E-state index contributed by atoms with van der Waals surface area (Å²) in [4.78, 5) is 10.4. The van der Waals surface area contributed by atoms with Crippen LogP contribution in [0.1, 0.15) is 36.2 Å². The summed E-state index contributed by atoms with van der Waals surface area (Å²) in [6.07, 6.45) is 1.66. The second-order valence-electron chi connectivity index (χ2n) is 6.63. The smallest absolute Gasteiger partial charge is 0.274 e. The molecule has 2 atom stereocenters. The quantitative estimate of drug-likeness (QED) is 0.380. The third-order valence-electron chi connectivity index (χ3n) is 4.64. The second-order valence-corrected chi connectivity index (χ2v) is 6.63. The van der Waals surface area contributed by atoms with Gasteiger partial charge in [0.05, 0.1) is 11.2 Å². The zero-order valence-corrected chi connectivity index (χ0v) is 15.6. The number of hydrogen-bond donors (Lipinski definition) is 1. The molecule has 8 nitrogen and oxygen atoms in total. The Kier molecular flexibility index (Phi) is 5.17. The first-order valence-electron chi connectivity index (χ1n) is 9.13. The largest absolute Gasteiger partial charge is 0.463 e. The molecule has 0 saturated heterocycles. The van der Waals surface area contributed by atoms with E-state index in [1.807, 2.05) is 49.4 Å². The van der Waals surface area contributed by atoms with Gasteiger partial charge < -0.3 is 14.2 Å². The molecule has 2 aromatic heterocycles. The van der Waals surface area contributed by atoms with Gasteiger partial charge in [-0.15, -0.1) is 10.2 Å². The lowest BCUT2D eigenvalue weighted by Crippen LogP contribution is -2.85. The molecule has 0 amide bonds. The van der Waals surface area contributed by atoms with Gasteiger partial charge in [0, 0.05) is 23.3 Å². The number of non-ortho nitro benzene ring substituents is 1. The molecule has 0 aliphatic heterocycles. The fourth-order valence-corrected chi connectivity index (χ4v) is 3.13. The molecule has 0 radical (unpaired) electrons. The van der Waals surface area contributed by atoms with Crippen LogP contribution < -0.4 is 5.32 Å². The lowest BCUT2D eigenvalue weighted by atomic mass is 10.0. The van der Waals surface area contributed by atoms with E-state index in [0.29, 0.717) is 17.3 Å². The lowest BCUT2D eigenvalue weighted by Gasteiger charge is -2.16. The summed E-state index contributed by atoms with van der Waals surface area (Å²) >= 11 is 0. The maximum Gasteiger partial charge on any atom is 0.274 e. The van der Waals surface area contributed by atoms with Gasteiger partial charge in [0.25, 0.3) is 11.6 Å². The van der Waals surface area contributed by atoms with E-state index in [-0.39, 0.29) is 17.8 Å². The van der Waals surface area contributed by atoms with Gasteiger partial charge in [-0.1, -0.05) is 30.3 Å². The van der Waals surface area contributed by atoms with E-state index in [1.165, 1.54) is 12.1 Å². The van der Waals surface area contributed by atoms with Gasteiger partial charge in [-0.2, -0.15) is 0 Å². The van der Waals surface area contributed by atoms with Crippen LogP contribution in [0.25, 0.3) is 11.5 Å². The van der Waals surface area contributed by atoms with Gasteiger partial charge in [-0.05, 0) is 31.2 Å². The van der Waals surface area contributed by atoms with Crippen molar-refractivity contribution in [2.45, 2.75) is 19.0 Å². The number of nitro groups is 1. The summed E-state index contributed by atoms with van der Waals surface area (Å²) in [5.41, 5.74) is 1.75. The minimum absolute atomic E-state index is 0.0133. The number of nitrogens with two attached hydrogens (primary N) is 1. The van der Waals surface area contributed by atoms with Gasteiger partial charge in [-0.3, -0.25) is 10.1 Å². The van der Waals surface area contributed by atoms with Crippen LogP contribution in [0.5, 0.6) is 0 Å². The van der Waals surface area contributed by atoms with E-state index in [0.717, 1.165) is 11.3 Å². The Labute approximate surface area is 166 Å². The number of rotatable bonds is 7. The molecule has 0 aliphatic rings. The number of furan rings is 1. The first-order valence-corrected chi connectivity index (χ1v) is 9.13. The summed E-state index contributed by atoms with van der Waals surface area (Å²) in [5.74, 6) is 1.62. The summed E-state index contributed by atoms with van der Waals surface area (Å²) in [7, 11) is 0. The van der Waals surface area contributed by atoms with Gasteiger partial charge in [0.15, 0.2) is 17.8 Å². The molecular weight excluding hydrogens is 372 g/mol. The fraction of sp³-hybridized carbons (Fsp3) is 0.143. The SMILES string of the molecule is C[C@H]([NH2+][C@@H](c1ccccc1)c1ccco1)c1nnc(-c2ccc([N+](=O)[O-])cc2)o1. The van der Waals surface area contributed by atoms with Crippen molar-refractivity contribution in [3.05, 3.63) is 100 Å². The summed E-state index contributed by atoms with van der Waals surface area (Å²) in [5, 5.41) is 21.2. The van der Waals surface area contributed by atoms with Crippen molar-refractivity contribution in [1.82, 2.24) is 10.2 Å². The minimum atomic E-state index is -0.446. The predicted molar refractivity (Wildman–Crippen MR) is 104 cm³/mol.